The Labute approximate surface area is 234 Å². The predicted molar refractivity (Wildman–Crippen MR) is 165 cm³/mol. The zero-order valence-electron chi connectivity index (χ0n) is 23.2. The molecule has 3 heteroatoms. The number of rotatable bonds is 3. The van der Waals surface area contributed by atoms with Crippen LogP contribution in [0.2, 0.25) is 0 Å². The van der Waals surface area contributed by atoms with Crippen molar-refractivity contribution in [3.8, 4) is 0 Å². The number of benzene rings is 5. The monoisotopic (exact) mass is 521 g/mol. The van der Waals surface area contributed by atoms with Crippen LogP contribution in [0.15, 0.2) is 124 Å². The van der Waals surface area contributed by atoms with Gasteiger partial charge in [-0.3, -0.25) is 4.79 Å². The molecule has 1 aliphatic carbocycles. The van der Waals surface area contributed by atoms with Gasteiger partial charge in [0.1, 0.15) is 11.2 Å². The van der Waals surface area contributed by atoms with E-state index in [4.69, 9.17) is 4.42 Å². The molecule has 0 fully saturated rings. The highest BCUT2D eigenvalue weighted by atomic mass is 16.3. The summed E-state index contributed by atoms with van der Waals surface area (Å²) in [6.07, 6.45) is 0. The maximum atomic E-state index is 14.2. The van der Waals surface area contributed by atoms with Crippen LogP contribution >= 0.6 is 0 Å². The number of para-hydroxylation sites is 2. The van der Waals surface area contributed by atoms with Gasteiger partial charge in [0.15, 0.2) is 0 Å². The van der Waals surface area contributed by atoms with Gasteiger partial charge in [-0.2, -0.15) is 0 Å². The number of fused-ring (bicyclic) bond motifs is 4. The molecule has 7 rings (SSSR count). The van der Waals surface area contributed by atoms with E-state index in [9.17, 15) is 4.79 Å². The average Bonchev–Trinajstić information content (AvgIpc) is 2.98. The second-order valence-corrected chi connectivity index (χ2v) is 11.8. The van der Waals surface area contributed by atoms with Gasteiger partial charge >= 0.3 is 0 Å². The zero-order chi connectivity index (χ0) is 27.6. The highest BCUT2D eigenvalue weighted by Gasteiger charge is 2.41. The molecule has 5 aromatic carbocycles. The Hall–Kier alpha value is -4.63. The molecule has 0 aliphatic heterocycles. The Kier molecular flexibility index (Phi) is 5.30. The minimum atomic E-state index is -0.240. The summed E-state index contributed by atoms with van der Waals surface area (Å²) in [6.45, 7) is 9.03. The van der Waals surface area contributed by atoms with Gasteiger partial charge in [0.25, 0.3) is 0 Å². The van der Waals surface area contributed by atoms with Gasteiger partial charge in [0, 0.05) is 27.9 Å². The maximum absolute atomic E-state index is 14.2. The minimum absolute atomic E-state index is 0.00515. The van der Waals surface area contributed by atoms with E-state index in [-0.39, 0.29) is 16.3 Å². The maximum Gasteiger partial charge on any atom is 0.200 e. The summed E-state index contributed by atoms with van der Waals surface area (Å²) in [6, 6.07) is 39.2. The van der Waals surface area contributed by atoms with Crippen LogP contribution in [0.3, 0.4) is 0 Å². The third-order valence-corrected chi connectivity index (χ3v) is 8.70. The standard InChI is InChI=1S/C37H31NO2/c1-36(2)29-17-11-12-18-30(29)37(3,4)32-23-34-28(22-31(32)36)35(39)27-21-26(19-20-33(27)40-34)38(24-13-7-5-8-14-24)25-15-9-6-10-16-25/h5-23H,1-4H3. The molecule has 196 valence electrons. The Morgan fingerprint density at radius 1 is 0.500 bits per heavy atom. The predicted octanol–water partition coefficient (Wildman–Crippen LogP) is 9.38. The fourth-order valence-corrected chi connectivity index (χ4v) is 6.53. The van der Waals surface area contributed by atoms with Gasteiger partial charge in [-0.05, 0) is 76.9 Å². The molecule has 0 saturated heterocycles. The Balaban J connectivity index is 1.46. The van der Waals surface area contributed by atoms with Crippen molar-refractivity contribution in [3.63, 3.8) is 0 Å². The quantitative estimate of drug-likeness (QED) is 0.218. The largest absolute Gasteiger partial charge is 0.456 e. The minimum Gasteiger partial charge on any atom is -0.456 e. The first kappa shape index (κ1) is 24.4. The molecule has 40 heavy (non-hydrogen) atoms. The van der Waals surface area contributed by atoms with E-state index >= 15 is 0 Å². The van der Waals surface area contributed by atoms with Crippen LogP contribution < -0.4 is 10.3 Å². The van der Waals surface area contributed by atoms with Gasteiger partial charge in [0.05, 0.1) is 10.8 Å². The lowest BCUT2D eigenvalue weighted by Crippen LogP contribution is -2.36. The molecule has 0 spiro atoms. The van der Waals surface area contributed by atoms with Gasteiger partial charge in [0.2, 0.25) is 5.43 Å². The SMILES string of the molecule is CC1(C)c2ccccc2C(C)(C)c2cc3c(=O)c4cc(N(c5ccccc5)c5ccccc5)ccc4oc3cc21. The van der Waals surface area contributed by atoms with Crippen LogP contribution in [0.1, 0.15) is 49.9 Å². The lowest BCUT2D eigenvalue weighted by atomic mass is 9.60. The van der Waals surface area contributed by atoms with Gasteiger partial charge in [-0.1, -0.05) is 88.4 Å². The second-order valence-electron chi connectivity index (χ2n) is 11.8. The number of hydrogen-bond donors (Lipinski definition) is 0. The average molecular weight is 522 g/mol. The third kappa shape index (κ3) is 3.54. The van der Waals surface area contributed by atoms with Crippen LogP contribution in [0.5, 0.6) is 0 Å². The van der Waals surface area contributed by atoms with Crippen LogP contribution in [0.25, 0.3) is 21.9 Å². The summed E-state index contributed by atoms with van der Waals surface area (Å²) in [5.41, 5.74) is 8.75. The molecule has 1 heterocycles. The normalized spacial score (nSPS) is 15.0. The lowest BCUT2D eigenvalue weighted by molar-refractivity contribution is 0.520. The molecule has 0 atom stereocenters. The molecule has 0 saturated carbocycles. The summed E-state index contributed by atoms with van der Waals surface area (Å²) < 4.78 is 6.47. The molecule has 0 bridgehead atoms. The molecule has 0 radical (unpaired) electrons. The van der Waals surface area contributed by atoms with Crippen molar-refractivity contribution in [1.82, 2.24) is 0 Å². The van der Waals surface area contributed by atoms with E-state index in [1.54, 1.807) is 0 Å². The summed E-state index contributed by atoms with van der Waals surface area (Å²) in [4.78, 5) is 16.3. The topological polar surface area (TPSA) is 33.5 Å². The van der Waals surface area contributed by atoms with Crippen molar-refractivity contribution >= 4 is 39.0 Å². The molecule has 0 amide bonds. The highest BCUT2D eigenvalue weighted by molar-refractivity contribution is 5.94. The van der Waals surface area contributed by atoms with Gasteiger partial charge < -0.3 is 9.32 Å². The van der Waals surface area contributed by atoms with Crippen LogP contribution in [-0.2, 0) is 10.8 Å². The first-order chi connectivity index (χ1) is 19.3. The fraction of sp³-hybridized carbons (Fsp3) is 0.162. The fourth-order valence-electron chi connectivity index (χ4n) is 6.53. The third-order valence-electron chi connectivity index (χ3n) is 8.70. The smallest absolute Gasteiger partial charge is 0.200 e. The molecular formula is C37H31NO2. The number of anilines is 3. The van der Waals surface area contributed by atoms with E-state index in [0.29, 0.717) is 21.9 Å². The van der Waals surface area contributed by atoms with E-state index in [1.807, 2.05) is 54.6 Å². The summed E-state index contributed by atoms with van der Waals surface area (Å²) in [5, 5.41) is 1.20. The first-order valence-electron chi connectivity index (χ1n) is 13.8. The second kappa shape index (κ2) is 8.69. The van der Waals surface area contributed by atoms with E-state index in [0.717, 1.165) is 17.1 Å². The summed E-state index contributed by atoms with van der Waals surface area (Å²) in [5.74, 6) is 0. The van der Waals surface area contributed by atoms with E-state index in [1.165, 1.54) is 22.3 Å². The molecule has 6 aromatic rings. The lowest BCUT2D eigenvalue weighted by Gasteiger charge is -2.43. The molecule has 0 unspecified atom stereocenters. The molecular weight excluding hydrogens is 490 g/mol. The van der Waals surface area contributed by atoms with Crippen molar-refractivity contribution < 1.29 is 4.42 Å². The van der Waals surface area contributed by atoms with Crippen molar-refractivity contribution in [3.05, 3.63) is 148 Å². The van der Waals surface area contributed by atoms with Crippen LogP contribution in [0, 0.1) is 0 Å². The Morgan fingerprint density at radius 2 is 1.00 bits per heavy atom. The van der Waals surface area contributed by atoms with E-state index < -0.39 is 0 Å². The van der Waals surface area contributed by atoms with Gasteiger partial charge in [-0.15, -0.1) is 0 Å². The molecule has 0 N–H and O–H groups in total. The molecule has 1 aromatic heterocycles. The summed E-state index contributed by atoms with van der Waals surface area (Å²) in [7, 11) is 0. The number of nitrogens with zero attached hydrogens (tertiary/aromatic N) is 1. The Morgan fingerprint density at radius 3 is 1.57 bits per heavy atom. The highest BCUT2D eigenvalue weighted by Crippen LogP contribution is 2.50. The van der Waals surface area contributed by atoms with Crippen molar-refractivity contribution in [1.29, 1.82) is 0 Å². The van der Waals surface area contributed by atoms with Crippen molar-refractivity contribution in [2.24, 2.45) is 0 Å². The van der Waals surface area contributed by atoms with Crippen molar-refractivity contribution in [2.75, 3.05) is 4.90 Å². The zero-order valence-corrected chi connectivity index (χ0v) is 23.2. The van der Waals surface area contributed by atoms with E-state index in [2.05, 4.69) is 93.3 Å². The number of hydrogen-bond acceptors (Lipinski definition) is 3. The van der Waals surface area contributed by atoms with Crippen LogP contribution in [0.4, 0.5) is 17.1 Å². The molecule has 3 nitrogen and oxygen atoms in total. The Bertz CT molecular complexity index is 1930. The molecule has 1 aliphatic rings. The summed E-state index contributed by atoms with van der Waals surface area (Å²) >= 11 is 0. The van der Waals surface area contributed by atoms with Crippen molar-refractivity contribution in [2.45, 2.75) is 38.5 Å². The first-order valence-corrected chi connectivity index (χ1v) is 13.8. The van der Waals surface area contributed by atoms with Gasteiger partial charge in [-0.25, -0.2) is 0 Å². The van der Waals surface area contributed by atoms with Crippen LogP contribution in [-0.4, -0.2) is 0 Å².